The third kappa shape index (κ3) is 2.76. The van der Waals surface area contributed by atoms with Gasteiger partial charge < -0.3 is 5.11 Å². The van der Waals surface area contributed by atoms with Crippen LogP contribution in [0.3, 0.4) is 0 Å². The predicted molar refractivity (Wildman–Crippen MR) is 72.3 cm³/mol. The molecule has 0 saturated carbocycles. The fourth-order valence-corrected chi connectivity index (χ4v) is 1.91. The van der Waals surface area contributed by atoms with E-state index in [1.165, 1.54) is 16.9 Å². The zero-order valence-corrected chi connectivity index (χ0v) is 11.4. The smallest absolute Gasteiger partial charge is 0.339 e. The summed E-state index contributed by atoms with van der Waals surface area (Å²) in [7, 11) is 0. The number of hydrogen-bond acceptors (Lipinski definition) is 4. The molecule has 0 saturated heterocycles. The van der Waals surface area contributed by atoms with Gasteiger partial charge in [0.1, 0.15) is 5.56 Å². The van der Waals surface area contributed by atoms with E-state index in [1.54, 1.807) is 6.92 Å². The first-order chi connectivity index (χ1) is 9.52. The minimum atomic E-state index is -1.06. The molecule has 2 heterocycles. The van der Waals surface area contributed by atoms with Gasteiger partial charge in [0, 0.05) is 11.8 Å². The SMILES string of the molecule is CCCCc1cc(=O)[nH]c(-n2ncc(C(=O)O)c2C)n1. The number of carbonyl (C=O) groups is 1. The summed E-state index contributed by atoms with van der Waals surface area (Å²) in [5, 5.41) is 13.0. The lowest BCUT2D eigenvalue weighted by molar-refractivity contribution is 0.0696. The van der Waals surface area contributed by atoms with Gasteiger partial charge in [-0.2, -0.15) is 5.10 Å². The number of aromatic amines is 1. The molecule has 106 valence electrons. The second kappa shape index (κ2) is 5.68. The molecular formula is C13H16N4O3. The van der Waals surface area contributed by atoms with Gasteiger partial charge in [-0.1, -0.05) is 13.3 Å². The van der Waals surface area contributed by atoms with Crippen LogP contribution in [0.25, 0.3) is 5.95 Å². The highest BCUT2D eigenvalue weighted by Crippen LogP contribution is 2.11. The average Bonchev–Trinajstić information content (AvgIpc) is 2.77. The number of aryl methyl sites for hydroxylation is 1. The van der Waals surface area contributed by atoms with Crippen LogP contribution in [0.1, 0.15) is 41.5 Å². The normalized spacial score (nSPS) is 10.7. The topological polar surface area (TPSA) is 101 Å². The van der Waals surface area contributed by atoms with Crippen LogP contribution in [0.15, 0.2) is 17.1 Å². The number of carboxylic acids is 1. The van der Waals surface area contributed by atoms with Crippen molar-refractivity contribution in [3.63, 3.8) is 0 Å². The molecule has 0 spiro atoms. The summed E-state index contributed by atoms with van der Waals surface area (Å²) in [5.41, 5.74) is 0.921. The van der Waals surface area contributed by atoms with Crippen molar-refractivity contribution in [2.75, 3.05) is 0 Å². The lowest BCUT2D eigenvalue weighted by Gasteiger charge is -2.05. The third-order valence-electron chi connectivity index (χ3n) is 3.01. The highest BCUT2D eigenvalue weighted by molar-refractivity contribution is 5.88. The Morgan fingerprint density at radius 1 is 1.50 bits per heavy atom. The molecule has 0 radical (unpaired) electrons. The Labute approximate surface area is 115 Å². The van der Waals surface area contributed by atoms with Gasteiger partial charge in [0.15, 0.2) is 0 Å². The average molecular weight is 276 g/mol. The van der Waals surface area contributed by atoms with Crippen LogP contribution in [0.4, 0.5) is 0 Å². The van der Waals surface area contributed by atoms with Crippen LogP contribution in [0.2, 0.25) is 0 Å². The number of rotatable bonds is 5. The molecule has 2 N–H and O–H groups in total. The van der Waals surface area contributed by atoms with E-state index in [4.69, 9.17) is 5.11 Å². The van der Waals surface area contributed by atoms with Crippen molar-refractivity contribution in [2.45, 2.75) is 33.1 Å². The van der Waals surface area contributed by atoms with Crippen LogP contribution in [0.5, 0.6) is 0 Å². The monoisotopic (exact) mass is 276 g/mol. The minimum absolute atomic E-state index is 0.0895. The zero-order chi connectivity index (χ0) is 14.7. The van der Waals surface area contributed by atoms with Crippen LogP contribution < -0.4 is 5.56 Å². The van der Waals surface area contributed by atoms with Gasteiger partial charge in [-0.05, 0) is 19.8 Å². The first-order valence-corrected chi connectivity index (χ1v) is 6.41. The maximum Gasteiger partial charge on any atom is 0.339 e. The van der Waals surface area contributed by atoms with Gasteiger partial charge in [-0.15, -0.1) is 0 Å². The molecule has 0 unspecified atom stereocenters. The quantitative estimate of drug-likeness (QED) is 0.857. The molecule has 0 aliphatic rings. The summed E-state index contributed by atoms with van der Waals surface area (Å²) < 4.78 is 1.33. The molecule has 0 aliphatic heterocycles. The summed E-state index contributed by atoms with van der Waals surface area (Å²) in [6.45, 7) is 3.68. The minimum Gasteiger partial charge on any atom is -0.478 e. The van der Waals surface area contributed by atoms with Crippen LogP contribution in [-0.2, 0) is 6.42 Å². The van der Waals surface area contributed by atoms with Crippen molar-refractivity contribution in [3.8, 4) is 5.95 Å². The molecule has 7 heteroatoms. The summed E-state index contributed by atoms with van der Waals surface area (Å²) in [6, 6.07) is 1.45. The van der Waals surface area contributed by atoms with Gasteiger partial charge in [0.25, 0.3) is 5.56 Å². The Morgan fingerprint density at radius 2 is 2.25 bits per heavy atom. The number of carboxylic acid groups (broad SMARTS) is 1. The Balaban J connectivity index is 2.44. The Morgan fingerprint density at radius 3 is 2.85 bits per heavy atom. The van der Waals surface area contributed by atoms with Crippen LogP contribution in [0, 0.1) is 6.92 Å². The number of nitrogens with one attached hydrogen (secondary N) is 1. The van der Waals surface area contributed by atoms with Crippen molar-refractivity contribution in [2.24, 2.45) is 0 Å². The summed E-state index contributed by atoms with van der Waals surface area (Å²) in [4.78, 5) is 29.5. The first-order valence-electron chi connectivity index (χ1n) is 6.41. The molecule has 2 aromatic rings. The van der Waals surface area contributed by atoms with Crippen molar-refractivity contribution in [1.29, 1.82) is 0 Å². The number of unbranched alkanes of at least 4 members (excludes halogenated alkanes) is 1. The summed E-state index contributed by atoms with van der Waals surface area (Å²) >= 11 is 0. The third-order valence-corrected chi connectivity index (χ3v) is 3.01. The van der Waals surface area contributed by atoms with Crippen molar-refractivity contribution in [3.05, 3.63) is 39.6 Å². The highest BCUT2D eigenvalue weighted by atomic mass is 16.4. The number of aromatic carboxylic acids is 1. The van der Waals surface area contributed by atoms with E-state index in [-0.39, 0.29) is 17.1 Å². The second-order valence-corrected chi connectivity index (χ2v) is 4.52. The fourth-order valence-electron chi connectivity index (χ4n) is 1.91. The number of nitrogens with zero attached hydrogens (tertiary/aromatic N) is 3. The van der Waals surface area contributed by atoms with Crippen LogP contribution in [-0.4, -0.2) is 30.8 Å². The van der Waals surface area contributed by atoms with Gasteiger partial charge in [0.2, 0.25) is 5.95 Å². The molecular weight excluding hydrogens is 260 g/mol. The summed E-state index contributed by atoms with van der Waals surface area (Å²) in [6.07, 6.45) is 3.90. The van der Waals surface area contributed by atoms with E-state index in [0.29, 0.717) is 17.8 Å². The number of hydrogen-bond donors (Lipinski definition) is 2. The molecule has 2 rings (SSSR count). The second-order valence-electron chi connectivity index (χ2n) is 4.52. The van der Waals surface area contributed by atoms with Gasteiger partial charge >= 0.3 is 5.97 Å². The number of H-pyrrole nitrogens is 1. The molecule has 0 aliphatic carbocycles. The molecule has 0 aromatic carbocycles. The molecule has 0 atom stereocenters. The van der Waals surface area contributed by atoms with E-state index < -0.39 is 5.97 Å². The predicted octanol–water partition coefficient (Wildman–Crippen LogP) is 1.30. The Bertz CT molecular complexity index is 687. The maximum atomic E-state index is 11.6. The van der Waals surface area contributed by atoms with E-state index in [2.05, 4.69) is 22.0 Å². The zero-order valence-electron chi connectivity index (χ0n) is 11.4. The molecule has 0 amide bonds. The van der Waals surface area contributed by atoms with Gasteiger partial charge in [-0.25, -0.2) is 14.5 Å². The van der Waals surface area contributed by atoms with E-state index >= 15 is 0 Å². The largest absolute Gasteiger partial charge is 0.478 e. The van der Waals surface area contributed by atoms with Crippen LogP contribution >= 0.6 is 0 Å². The highest BCUT2D eigenvalue weighted by Gasteiger charge is 2.15. The van der Waals surface area contributed by atoms with Crippen molar-refractivity contribution in [1.82, 2.24) is 19.7 Å². The van der Waals surface area contributed by atoms with E-state index in [1.807, 2.05) is 0 Å². The summed E-state index contributed by atoms with van der Waals surface area (Å²) in [5.74, 6) is -0.813. The van der Waals surface area contributed by atoms with Gasteiger partial charge in [0.05, 0.1) is 11.9 Å². The Kier molecular flexibility index (Phi) is 3.97. The maximum absolute atomic E-state index is 11.6. The molecule has 0 fully saturated rings. The first kappa shape index (κ1) is 14.0. The van der Waals surface area contributed by atoms with Gasteiger partial charge in [-0.3, -0.25) is 9.78 Å². The van der Waals surface area contributed by atoms with E-state index in [0.717, 1.165) is 12.8 Å². The number of aromatic nitrogens is 4. The molecule has 20 heavy (non-hydrogen) atoms. The molecule has 0 bridgehead atoms. The van der Waals surface area contributed by atoms with Crippen molar-refractivity contribution < 1.29 is 9.90 Å². The Hall–Kier alpha value is -2.44. The lowest BCUT2D eigenvalue weighted by atomic mass is 10.2. The van der Waals surface area contributed by atoms with E-state index in [9.17, 15) is 9.59 Å². The molecule has 2 aromatic heterocycles. The molecule has 7 nitrogen and oxygen atoms in total. The lowest BCUT2D eigenvalue weighted by Crippen LogP contribution is -2.16. The fraction of sp³-hybridized carbons (Fsp3) is 0.385. The standard InChI is InChI=1S/C13H16N4O3/c1-3-4-5-9-6-11(18)16-13(15-9)17-8(2)10(7-14-17)12(19)20/h6-7H,3-5H2,1-2H3,(H,19,20)(H,15,16,18). The van der Waals surface area contributed by atoms with Crippen molar-refractivity contribution >= 4 is 5.97 Å².